The molecule has 3 rings (SSSR count). The minimum absolute atomic E-state index is 0.0168. The smallest absolute Gasteiger partial charge is 0.270 e. The van der Waals surface area contributed by atoms with Crippen LogP contribution in [0.15, 0.2) is 35.4 Å². The number of hydrazone groups is 1. The van der Waals surface area contributed by atoms with E-state index >= 15 is 0 Å². The van der Waals surface area contributed by atoms with Gasteiger partial charge in [0.15, 0.2) is 0 Å². The Morgan fingerprint density at radius 2 is 1.74 bits per heavy atom. The summed E-state index contributed by atoms with van der Waals surface area (Å²) in [6, 6.07) is 9.29. The largest absolute Gasteiger partial charge is 0.337 e. The molecule has 1 saturated heterocycles. The molecular formula is C18H23N3O2. The van der Waals surface area contributed by atoms with Gasteiger partial charge in [-0.25, -0.2) is 5.01 Å². The van der Waals surface area contributed by atoms with E-state index in [0.717, 1.165) is 19.5 Å². The quantitative estimate of drug-likeness (QED) is 0.843. The van der Waals surface area contributed by atoms with Crippen molar-refractivity contribution in [2.45, 2.75) is 33.1 Å². The summed E-state index contributed by atoms with van der Waals surface area (Å²) < 4.78 is 0. The van der Waals surface area contributed by atoms with Crippen molar-refractivity contribution in [2.75, 3.05) is 18.1 Å². The van der Waals surface area contributed by atoms with E-state index in [1.807, 2.05) is 35.2 Å². The van der Waals surface area contributed by atoms with Crippen molar-refractivity contribution in [3.63, 3.8) is 0 Å². The molecule has 0 N–H and O–H groups in total. The molecule has 0 bridgehead atoms. The Labute approximate surface area is 137 Å². The van der Waals surface area contributed by atoms with Crippen molar-refractivity contribution in [1.29, 1.82) is 0 Å². The molecule has 2 aliphatic heterocycles. The summed E-state index contributed by atoms with van der Waals surface area (Å²) >= 11 is 0. The van der Waals surface area contributed by atoms with Gasteiger partial charge in [0.25, 0.3) is 5.91 Å². The number of likely N-dealkylation sites (tertiary alicyclic amines) is 1. The fourth-order valence-electron chi connectivity index (χ4n) is 3.49. The number of hydrogen-bond acceptors (Lipinski definition) is 3. The lowest BCUT2D eigenvalue weighted by molar-refractivity contribution is -0.126. The number of rotatable bonds is 2. The lowest BCUT2D eigenvalue weighted by Gasteiger charge is -2.36. The van der Waals surface area contributed by atoms with Gasteiger partial charge in [0.1, 0.15) is 5.71 Å². The Bertz CT molecular complexity index is 616. The Balaban J connectivity index is 1.81. The first-order chi connectivity index (χ1) is 11.0. The highest BCUT2D eigenvalue weighted by Crippen LogP contribution is 2.24. The monoisotopic (exact) mass is 313 g/mol. The maximum absolute atomic E-state index is 12.8. The van der Waals surface area contributed by atoms with Crippen molar-refractivity contribution < 1.29 is 9.59 Å². The molecule has 0 saturated carbocycles. The summed E-state index contributed by atoms with van der Waals surface area (Å²) in [5, 5.41) is 5.74. The third-order valence-corrected chi connectivity index (χ3v) is 4.44. The molecule has 2 aliphatic rings. The van der Waals surface area contributed by atoms with Crippen LogP contribution in [0.25, 0.3) is 0 Å². The van der Waals surface area contributed by atoms with Crippen molar-refractivity contribution in [3.8, 4) is 0 Å². The van der Waals surface area contributed by atoms with Crippen LogP contribution in [0.5, 0.6) is 0 Å². The molecule has 0 aromatic heterocycles. The zero-order chi connectivity index (χ0) is 16.4. The highest BCUT2D eigenvalue weighted by molar-refractivity contribution is 6.40. The molecule has 0 radical (unpaired) electrons. The predicted octanol–water partition coefficient (Wildman–Crippen LogP) is 2.67. The highest BCUT2D eigenvalue weighted by atomic mass is 16.2. The molecule has 2 amide bonds. The van der Waals surface area contributed by atoms with E-state index < -0.39 is 0 Å². The number of benzene rings is 1. The average molecular weight is 313 g/mol. The third kappa shape index (κ3) is 3.44. The summed E-state index contributed by atoms with van der Waals surface area (Å²) in [5.74, 6) is 0.947. The Hall–Kier alpha value is -2.17. The Morgan fingerprint density at radius 1 is 1.09 bits per heavy atom. The molecule has 5 nitrogen and oxygen atoms in total. The van der Waals surface area contributed by atoms with E-state index in [2.05, 4.69) is 18.9 Å². The minimum atomic E-state index is -0.0619. The van der Waals surface area contributed by atoms with Crippen LogP contribution in [0.4, 0.5) is 5.69 Å². The second-order valence-corrected chi connectivity index (χ2v) is 6.74. The number of carbonyl (C=O) groups is 2. The molecule has 1 aromatic rings. The van der Waals surface area contributed by atoms with Gasteiger partial charge in [0.2, 0.25) is 5.91 Å². The van der Waals surface area contributed by atoms with Crippen LogP contribution >= 0.6 is 0 Å². The van der Waals surface area contributed by atoms with E-state index in [0.29, 0.717) is 36.1 Å². The van der Waals surface area contributed by atoms with E-state index in [1.165, 1.54) is 5.01 Å². The number of para-hydroxylation sites is 1. The van der Waals surface area contributed by atoms with Crippen molar-refractivity contribution in [1.82, 2.24) is 4.90 Å². The first-order valence-corrected chi connectivity index (χ1v) is 8.29. The molecule has 2 atom stereocenters. The fraction of sp³-hybridized carbons (Fsp3) is 0.500. The summed E-state index contributed by atoms with van der Waals surface area (Å²) in [6.07, 6.45) is 1.92. The number of anilines is 1. The van der Waals surface area contributed by atoms with Crippen LogP contribution in [0.2, 0.25) is 0 Å². The van der Waals surface area contributed by atoms with Gasteiger partial charge in [-0.15, -0.1) is 0 Å². The molecular weight excluding hydrogens is 290 g/mol. The standard InChI is InChI=1S/C18H23N3O2/c1-13-10-14(2)12-20(11-13)18(23)16-8-9-17(22)21(19-16)15-6-4-3-5-7-15/h3-7,13-14H,8-12H2,1-2H3. The lowest BCUT2D eigenvalue weighted by Crippen LogP contribution is -2.47. The number of hydrogen-bond donors (Lipinski definition) is 0. The van der Waals surface area contributed by atoms with Gasteiger partial charge < -0.3 is 4.90 Å². The molecule has 2 heterocycles. The molecule has 23 heavy (non-hydrogen) atoms. The predicted molar refractivity (Wildman–Crippen MR) is 90.1 cm³/mol. The fourth-order valence-corrected chi connectivity index (χ4v) is 3.49. The minimum Gasteiger partial charge on any atom is -0.337 e. The number of piperidine rings is 1. The molecule has 0 aliphatic carbocycles. The van der Waals surface area contributed by atoms with E-state index in [4.69, 9.17) is 0 Å². The first kappa shape index (κ1) is 15.7. The molecule has 0 spiro atoms. The molecule has 5 heteroatoms. The van der Waals surface area contributed by atoms with Crippen molar-refractivity contribution in [2.24, 2.45) is 16.9 Å². The topological polar surface area (TPSA) is 53.0 Å². The Morgan fingerprint density at radius 3 is 2.39 bits per heavy atom. The van der Waals surface area contributed by atoms with Crippen molar-refractivity contribution in [3.05, 3.63) is 30.3 Å². The van der Waals surface area contributed by atoms with Gasteiger partial charge in [-0.2, -0.15) is 5.10 Å². The summed E-state index contributed by atoms with van der Waals surface area (Å²) in [6.45, 7) is 5.92. The van der Waals surface area contributed by atoms with E-state index in [1.54, 1.807) is 0 Å². The zero-order valence-electron chi connectivity index (χ0n) is 13.7. The number of carbonyl (C=O) groups excluding carboxylic acids is 2. The van der Waals surface area contributed by atoms with Crippen LogP contribution in [-0.4, -0.2) is 35.5 Å². The summed E-state index contributed by atoms with van der Waals surface area (Å²) in [7, 11) is 0. The second kappa shape index (κ2) is 6.52. The molecule has 1 aromatic carbocycles. The van der Waals surface area contributed by atoms with Crippen LogP contribution in [0, 0.1) is 11.8 Å². The van der Waals surface area contributed by atoms with Crippen LogP contribution in [0.3, 0.4) is 0 Å². The van der Waals surface area contributed by atoms with E-state index in [9.17, 15) is 9.59 Å². The maximum atomic E-state index is 12.8. The SMILES string of the molecule is CC1CC(C)CN(C(=O)C2=NN(c3ccccc3)C(=O)CC2)C1. The van der Waals surface area contributed by atoms with Crippen LogP contribution in [-0.2, 0) is 9.59 Å². The summed E-state index contributed by atoms with van der Waals surface area (Å²) in [4.78, 5) is 26.8. The third-order valence-electron chi connectivity index (χ3n) is 4.44. The van der Waals surface area contributed by atoms with Crippen molar-refractivity contribution >= 4 is 23.2 Å². The van der Waals surface area contributed by atoms with Gasteiger partial charge in [-0.1, -0.05) is 32.0 Å². The second-order valence-electron chi connectivity index (χ2n) is 6.74. The lowest BCUT2D eigenvalue weighted by atomic mass is 9.91. The zero-order valence-corrected chi connectivity index (χ0v) is 13.7. The van der Waals surface area contributed by atoms with Crippen LogP contribution < -0.4 is 5.01 Å². The average Bonchev–Trinajstić information content (AvgIpc) is 2.54. The maximum Gasteiger partial charge on any atom is 0.270 e. The van der Waals surface area contributed by atoms with Gasteiger partial charge >= 0.3 is 0 Å². The summed E-state index contributed by atoms with van der Waals surface area (Å²) in [5.41, 5.74) is 1.21. The first-order valence-electron chi connectivity index (χ1n) is 8.29. The van der Waals surface area contributed by atoms with Gasteiger partial charge in [0, 0.05) is 25.9 Å². The number of amides is 2. The Kier molecular flexibility index (Phi) is 4.46. The van der Waals surface area contributed by atoms with Crippen LogP contribution in [0.1, 0.15) is 33.1 Å². The molecule has 122 valence electrons. The molecule has 2 unspecified atom stereocenters. The van der Waals surface area contributed by atoms with Gasteiger partial charge in [-0.05, 0) is 30.4 Å². The molecule has 1 fully saturated rings. The highest BCUT2D eigenvalue weighted by Gasteiger charge is 2.31. The van der Waals surface area contributed by atoms with Gasteiger partial charge in [-0.3, -0.25) is 9.59 Å². The van der Waals surface area contributed by atoms with Gasteiger partial charge in [0.05, 0.1) is 5.69 Å². The normalized spacial score (nSPS) is 25.3. The number of nitrogens with zero attached hydrogens (tertiary/aromatic N) is 3. The van der Waals surface area contributed by atoms with E-state index in [-0.39, 0.29) is 11.8 Å².